The quantitative estimate of drug-likeness (QED) is 0.575. The van der Waals surface area contributed by atoms with E-state index >= 15 is 0 Å². The Kier molecular flexibility index (Phi) is 6.76. The SMILES string of the molecule is OC(CN1CCN(c2ncc(Cl)cc2Cl)[C@H](c2ccc(Cl)cc2)C1)c1cccnc1. The van der Waals surface area contributed by atoms with Crippen molar-refractivity contribution >= 4 is 40.6 Å². The van der Waals surface area contributed by atoms with Gasteiger partial charge in [-0.2, -0.15) is 0 Å². The number of aromatic nitrogens is 2. The van der Waals surface area contributed by atoms with Crippen molar-refractivity contribution in [3.05, 3.63) is 87.2 Å². The average molecular weight is 464 g/mol. The summed E-state index contributed by atoms with van der Waals surface area (Å²) in [5.41, 5.74) is 1.91. The van der Waals surface area contributed by atoms with Gasteiger partial charge in [0, 0.05) is 55.4 Å². The summed E-state index contributed by atoms with van der Waals surface area (Å²) in [6.07, 6.45) is 4.41. The van der Waals surface area contributed by atoms with Crippen molar-refractivity contribution in [1.29, 1.82) is 0 Å². The molecule has 1 aromatic carbocycles. The number of hydrogen-bond donors (Lipinski definition) is 1. The molecule has 0 amide bonds. The standard InChI is InChI=1S/C22H21Cl3N4O/c23-17-5-3-15(4-6-17)20-13-28(14-21(30)16-2-1-7-26-11-16)8-9-29(20)22-19(25)10-18(24)12-27-22/h1-7,10-12,20-21,30H,8-9,13-14H2/t20-,21?/m0/s1. The number of piperazine rings is 1. The molecule has 0 aliphatic carbocycles. The topological polar surface area (TPSA) is 52.5 Å². The molecule has 3 heterocycles. The molecule has 3 aromatic rings. The van der Waals surface area contributed by atoms with Gasteiger partial charge in [-0.05, 0) is 29.8 Å². The number of benzene rings is 1. The van der Waals surface area contributed by atoms with E-state index in [-0.39, 0.29) is 6.04 Å². The van der Waals surface area contributed by atoms with Crippen LogP contribution in [0.5, 0.6) is 0 Å². The second kappa shape index (κ2) is 9.50. The number of nitrogens with zero attached hydrogens (tertiary/aromatic N) is 4. The van der Waals surface area contributed by atoms with Gasteiger partial charge in [0.2, 0.25) is 0 Å². The van der Waals surface area contributed by atoms with Gasteiger partial charge in [-0.3, -0.25) is 9.88 Å². The van der Waals surface area contributed by atoms with Crippen LogP contribution in [0.1, 0.15) is 23.3 Å². The number of halogens is 3. The van der Waals surface area contributed by atoms with Gasteiger partial charge in [-0.15, -0.1) is 0 Å². The maximum Gasteiger partial charge on any atom is 0.148 e. The minimum Gasteiger partial charge on any atom is -0.387 e. The van der Waals surface area contributed by atoms with E-state index in [1.54, 1.807) is 24.7 Å². The van der Waals surface area contributed by atoms with Gasteiger partial charge < -0.3 is 10.0 Å². The number of rotatable bonds is 5. The summed E-state index contributed by atoms with van der Waals surface area (Å²) in [7, 11) is 0. The highest BCUT2D eigenvalue weighted by Crippen LogP contribution is 2.35. The zero-order chi connectivity index (χ0) is 21.1. The molecule has 0 bridgehead atoms. The Balaban J connectivity index is 1.59. The van der Waals surface area contributed by atoms with Gasteiger partial charge in [-0.25, -0.2) is 4.98 Å². The average Bonchev–Trinajstić information content (AvgIpc) is 2.75. The molecule has 2 aromatic heterocycles. The van der Waals surface area contributed by atoms with Crippen LogP contribution in [0.2, 0.25) is 15.1 Å². The van der Waals surface area contributed by atoms with E-state index in [1.165, 1.54) is 0 Å². The maximum atomic E-state index is 10.7. The first kappa shape index (κ1) is 21.3. The molecule has 1 aliphatic heterocycles. The summed E-state index contributed by atoms with van der Waals surface area (Å²) >= 11 is 18.6. The number of aliphatic hydroxyl groups excluding tert-OH is 1. The lowest BCUT2D eigenvalue weighted by atomic mass is 10.0. The van der Waals surface area contributed by atoms with Crippen molar-refractivity contribution in [2.45, 2.75) is 12.1 Å². The fraction of sp³-hybridized carbons (Fsp3) is 0.273. The van der Waals surface area contributed by atoms with Gasteiger partial charge in [0.1, 0.15) is 5.82 Å². The van der Waals surface area contributed by atoms with Gasteiger partial charge in [0.25, 0.3) is 0 Å². The van der Waals surface area contributed by atoms with Crippen molar-refractivity contribution in [2.75, 3.05) is 31.1 Å². The second-order valence-electron chi connectivity index (χ2n) is 7.28. The van der Waals surface area contributed by atoms with Gasteiger partial charge >= 0.3 is 0 Å². The van der Waals surface area contributed by atoms with Crippen LogP contribution < -0.4 is 4.90 Å². The molecule has 1 saturated heterocycles. The van der Waals surface area contributed by atoms with Crippen LogP contribution in [0.25, 0.3) is 0 Å². The molecule has 0 spiro atoms. The number of hydrogen-bond acceptors (Lipinski definition) is 5. The van der Waals surface area contributed by atoms with E-state index in [4.69, 9.17) is 34.8 Å². The van der Waals surface area contributed by atoms with Gasteiger partial charge in [-0.1, -0.05) is 53.0 Å². The third kappa shape index (κ3) is 4.88. The lowest BCUT2D eigenvalue weighted by molar-refractivity contribution is 0.100. The van der Waals surface area contributed by atoms with Crippen molar-refractivity contribution in [3.8, 4) is 0 Å². The Hall–Kier alpha value is -1.89. The third-order valence-electron chi connectivity index (χ3n) is 5.28. The van der Waals surface area contributed by atoms with Crippen molar-refractivity contribution in [2.24, 2.45) is 0 Å². The fourth-order valence-corrected chi connectivity index (χ4v) is 4.39. The zero-order valence-electron chi connectivity index (χ0n) is 16.1. The molecule has 1 unspecified atom stereocenters. The predicted molar refractivity (Wildman–Crippen MR) is 121 cm³/mol. The lowest BCUT2D eigenvalue weighted by Crippen LogP contribution is -2.49. The Labute approximate surface area is 190 Å². The second-order valence-corrected chi connectivity index (χ2v) is 8.56. The van der Waals surface area contributed by atoms with Crippen LogP contribution in [0.15, 0.2) is 61.1 Å². The summed E-state index contributed by atoms with van der Waals surface area (Å²) in [6, 6.07) is 13.2. The molecule has 30 heavy (non-hydrogen) atoms. The van der Waals surface area contributed by atoms with E-state index in [9.17, 15) is 5.11 Å². The minimum absolute atomic E-state index is 0.00305. The van der Waals surface area contributed by atoms with Crippen molar-refractivity contribution < 1.29 is 5.11 Å². The van der Waals surface area contributed by atoms with Crippen LogP contribution in [-0.4, -0.2) is 46.2 Å². The van der Waals surface area contributed by atoms with Crippen molar-refractivity contribution in [3.63, 3.8) is 0 Å². The molecule has 1 fully saturated rings. The number of pyridine rings is 2. The maximum absolute atomic E-state index is 10.7. The summed E-state index contributed by atoms with van der Waals surface area (Å²) in [5.74, 6) is 0.702. The zero-order valence-corrected chi connectivity index (χ0v) is 18.4. The Morgan fingerprint density at radius 3 is 2.53 bits per heavy atom. The van der Waals surface area contributed by atoms with E-state index in [0.29, 0.717) is 40.5 Å². The Morgan fingerprint density at radius 2 is 1.83 bits per heavy atom. The van der Waals surface area contributed by atoms with E-state index < -0.39 is 6.10 Å². The largest absolute Gasteiger partial charge is 0.387 e. The molecule has 1 aliphatic rings. The molecule has 1 N–H and O–H groups in total. The highest BCUT2D eigenvalue weighted by Gasteiger charge is 2.31. The highest BCUT2D eigenvalue weighted by atomic mass is 35.5. The first-order chi connectivity index (χ1) is 14.5. The molecule has 156 valence electrons. The number of β-amino-alcohol motifs (C(OH)–C–C–N with tert-alkyl or cyclic N) is 1. The fourth-order valence-electron chi connectivity index (χ4n) is 3.77. The number of anilines is 1. The molecular formula is C22H21Cl3N4O. The number of aliphatic hydroxyl groups is 1. The van der Waals surface area contributed by atoms with Crippen LogP contribution in [-0.2, 0) is 0 Å². The molecule has 4 rings (SSSR count). The normalized spacial score (nSPS) is 18.4. The molecule has 8 heteroatoms. The first-order valence-electron chi connectivity index (χ1n) is 9.65. The summed E-state index contributed by atoms with van der Waals surface area (Å²) in [6.45, 7) is 2.70. The highest BCUT2D eigenvalue weighted by molar-refractivity contribution is 6.36. The predicted octanol–water partition coefficient (Wildman–Crippen LogP) is 5.03. The molecule has 2 atom stereocenters. The first-order valence-corrected chi connectivity index (χ1v) is 10.8. The van der Waals surface area contributed by atoms with Crippen LogP contribution in [0.4, 0.5) is 5.82 Å². The van der Waals surface area contributed by atoms with E-state index in [2.05, 4.69) is 19.8 Å². The molecule has 0 saturated carbocycles. The smallest absolute Gasteiger partial charge is 0.148 e. The molecule has 5 nitrogen and oxygen atoms in total. The molecule has 0 radical (unpaired) electrons. The van der Waals surface area contributed by atoms with E-state index in [1.807, 2.05) is 36.4 Å². The summed E-state index contributed by atoms with van der Waals surface area (Å²) in [4.78, 5) is 13.0. The summed E-state index contributed by atoms with van der Waals surface area (Å²) < 4.78 is 0. The summed E-state index contributed by atoms with van der Waals surface area (Å²) in [5, 5.41) is 12.4. The van der Waals surface area contributed by atoms with Crippen molar-refractivity contribution in [1.82, 2.24) is 14.9 Å². The molecular weight excluding hydrogens is 443 g/mol. The van der Waals surface area contributed by atoms with E-state index in [0.717, 1.165) is 17.7 Å². The van der Waals surface area contributed by atoms with Gasteiger partial charge in [0.05, 0.1) is 22.2 Å². The third-order valence-corrected chi connectivity index (χ3v) is 6.02. The van der Waals surface area contributed by atoms with Crippen LogP contribution in [0.3, 0.4) is 0 Å². The monoisotopic (exact) mass is 462 g/mol. The lowest BCUT2D eigenvalue weighted by Gasteiger charge is -2.43. The Bertz CT molecular complexity index is 987. The van der Waals surface area contributed by atoms with Crippen LogP contribution >= 0.6 is 34.8 Å². The Morgan fingerprint density at radius 1 is 1.03 bits per heavy atom. The minimum atomic E-state index is -0.603. The van der Waals surface area contributed by atoms with Crippen LogP contribution in [0, 0.1) is 0 Å². The van der Waals surface area contributed by atoms with Gasteiger partial charge in [0.15, 0.2) is 0 Å².